The number of Topliss-reactive ketones (excluding diaryl/α,β-unsaturated/α-hetero) is 3. The van der Waals surface area contributed by atoms with Crippen molar-refractivity contribution in [3.63, 3.8) is 0 Å². The van der Waals surface area contributed by atoms with E-state index in [4.69, 9.17) is 18.9 Å². The minimum Gasteiger partial charge on any atom is -0.459 e. The zero-order valence-electron chi connectivity index (χ0n) is 46.8. The van der Waals surface area contributed by atoms with E-state index in [2.05, 4.69) is 0 Å². The number of ether oxygens (including phenoxy) is 4. The Bertz CT molecular complexity index is 4540. The minimum absolute atomic E-state index is 0.0602. The highest BCUT2D eigenvalue weighted by molar-refractivity contribution is 7.15. The van der Waals surface area contributed by atoms with Gasteiger partial charge in [0, 0.05) is 65.7 Å². The first-order valence-corrected chi connectivity index (χ1v) is 29.9. The third kappa shape index (κ3) is 9.31. The standard InChI is InChI=1S/C72H44F4O12S2/c73-43-25-47-49(61(77)63(79)59(47)57(75)27-43)29-45-31-55-65(89-45)51-21-42-24-54-52(22-41(42)23-53(51)71(55,67(81)85-33-37-13-5-1-6-14-37)68(82)86-34-38-15-7-2-8-16-38)66-56(32-46(90-66)30-50-48-26-44(74)28-58(76)60(48)64(80)62(50)78)72(54,69(83)87-35-39-17-9-3-10-18-39)70(84)88-36-40-19-11-4-12-20-40/h1-32,41-42,61,77H,33-36H2/b49-29-,50-30-. The largest absolute Gasteiger partial charge is 0.459 e. The molecule has 90 heavy (non-hydrogen) atoms. The molecule has 0 aliphatic heterocycles. The minimum atomic E-state index is -2.43. The van der Waals surface area contributed by atoms with Gasteiger partial charge in [0.05, 0.1) is 11.1 Å². The van der Waals surface area contributed by atoms with Gasteiger partial charge in [-0.3, -0.25) is 33.6 Å². The van der Waals surface area contributed by atoms with Crippen molar-refractivity contribution < 1.29 is 75.2 Å². The molecule has 2 heterocycles. The van der Waals surface area contributed by atoms with E-state index in [1.807, 2.05) is 0 Å². The fraction of sp³-hybridized carbons (Fsp3) is 0.125. The molecule has 1 N–H and O–H groups in total. The first-order valence-electron chi connectivity index (χ1n) is 28.3. The van der Waals surface area contributed by atoms with Crippen LogP contribution in [-0.4, -0.2) is 52.4 Å². The number of ketones is 3. The topological polar surface area (TPSA) is 177 Å². The Morgan fingerprint density at radius 3 is 1.26 bits per heavy atom. The van der Waals surface area contributed by atoms with Crippen molar-refractivity contribution in [2.45, 2.75) is 43.4 Å². The molecule has 0 spiro atoms. The van der Waals surface area contributed by atoms with Crippen molar-refractivity contribution in [2.24, 2.45) is 11.8 Å². The van der Waals surface area contributed by atoms with E-state index in [9.17, 15) is 28.3 Å². The van der Waals surface area contributed by atoms with Crippen molar-refractivity contribution in [3.05, 3.63) is 292 Å². The summed E-state index contributed by atoms with van der Waals surface area (Å²) >= 11 is 2.05. The van der Waals surface area contributed by atoms with Gasteiger partial charge in [0.15, 0.2) is 5.78 Å². The molecule has 6 aromatic carbocycles. The van der Waals surface area contributed by atoms with Crippen LogP contribution in [-0.2, 0) is 80.2 Å². The molecule has 6 aliphatic rings. The highest BCUT2D eigenvalue weighted by Gasteiger charge is 2.64. The summed E-state index contributed by atoms with van der Waals surface area (Å²) in [7, 11) is 0. The lowest BCUT2D eigenvalue weighted by atomic mass is 9.68. The first-order chi connectivity index (χ1) is 43.5. The molecule has 0 amide bonds. The monoisotopic (exact) mass is 1240 g/mol. The molecule has 12 nitrogen and oxygen atoms in total. The number of rotatable bonds is 14. The van der Waals surface area contributed by atoms with Gasteiger partial charge in [-0.25, -0.2) is 17.6 Å². The summed E-state index contributed by atoms with van der Waals surface area (Å²) < 4.78 is 85.0. The maximum atomic E-state index is 15.7. The molecular weight excluding hydrogens is 1200 g/mol. The SMILES string of the molecule is O=C1C(=O)c2c(F)cc(F)cc2/C1=C/c1cc2c(s1)C1=CC3C=C4C(=CC3C=C1C2(C(=O)OCc1ccccc1)C(=O)OCc1ccccc1)c1sc(/C=C2/c3cc(F)cc(F)c3C(=O)C2O)cc1C4(C(=O)OCc1ccccc1)C(=O)OCc1ccccc1. The Balaban J connectivity index is 0.966. The lowest BCUT2D eigenvalue weighted by molar-refractivity contribution is -0.166. The number of halogens is 4. The van der Waals surface area contributed by atoms with Crippen LogP contribution in [0.2, 0.25) is 0 Å². The molecule has 0 saturated carbocycles. The van der Waals surface area contributed by atoms with E-state index in [0.717, 1.165) is 34.8 Å². The van der Waals surface area contributed by atoms with Crippen LogP contribution in [0, 0.1) is 35.1 Å². The Morgan fingerprint density at radius 1 is 0.467 bits per heavy atom. The van der Waals surface area contributed by atoms with Crippen LogP contribution in [0.3, 0.4) is 0 Å². The van der Waals surface area contributed by atoms with E-state index >= 15 is 28.0 Å². The molecule has 3 atom stereocenters. The summed E-state index contributed by atoms with van der Waals surface area (Å²) in [4.78, 5) is 104. The molecule has 0 bridgehead atoms. The number of thiophene rings is 2. The van der Waals surface area contributed by atoms with Gasteiger partial charge in [0.2, 0.25) is 22.4 Å². The highest BCUT2D eigenvalue weighted by Crippen LogP contribution is 2.62. The van der Waals surface area contributed by atoms with Crippen molar-refractivity contribution in [3.8, 4) is 0 Å². The van der Waals surface area contributed by atoms with Crippen molar-refractivity contribution in [2.75, 3.05) is 0 Å². The van der Waals surface area contributed by atoms with Crippen LogP contribution in [0.4, 0.5) is 17.6 Å². The number of carbonyl (C=O) groups is 7. The van der Waals surface area contributed by atoms with Crippen molar-refractivity contribution in [1.82, 2.24) is 0 Å². The van der Waals surface area contributed by atoms with Gasteiger partial charge in [-0.1, -0.05) is 146 Å². The summed E-state index contributed by atoms with van der Waals surface area (Å²) in [6.07, 6.45) is 7.73. The van der Waals surface area contributed by atoms with Gasteiger partial charge in [-0.2, -0.15) is 0 Å². The van der Waals surface area contributed by atoms with Gasteiger partial charge in [0.25, 0.3) is 0 Å². The average Bonchev–Trinajstić information content (AvgIpc) is 1.53. The first kappa shape index (κ1) is 57.5. The van der Waals surface area contributed by atoms with Crippen molar-refractivity contribution >= 4 is 98.3 Å². The van der Waals surface area contributed by atoms with Gasteiger partial charge < -0.3 is 24.1 Å². The number of benzene rings is 6. The molecule has 0 saturated heterocycles. The van der Waals surface area contributed by atoms with Gasteiger partial charge >= 0.3 is 23.9 Å². The molecule has 0 fully saturated rings. The van der Waals surface area contributed by atoms with Crippen molar-refractivity contribution in [1.29, 1.82) is 0 Å². The predicted molar refractivity (Wildman–Crippen MR) is 324 cm³/mol. The van der Waals surface area contributed by atoms with E-state index < -0.39 is 104 Å². The van der Waals surface area contributed by atoms with Crippen LogP contribution in [0.5, 0.6) is 0 Å². The molecule has 0 radical (unpaired) electrons. The zero-order chi connectivity index (χ0) is 62.3. The quantitative estimate of drug-likeness (QED) is 0.0273. The molecular formula is C72H44F4O12S2. The number of fused-ring (bicyclic) bond motifs is 9. The molecule has 14 rings (SSSR count). The maximum Gasteiger partial charge on any atom is 0.333 e. The second kappa shape index (κ2) is 22.4. The van der Waals surface area contributed by atoms with Gasteiger partial charge in [0.1, 0.15) is 55.8 Å². The number of esters is 4. The summed E-state index contributed by atoms with van der Waals surface area (Å²) in [6, 6.07) is 40.8. The van der Waals surface area contributed by atoms with Crippen LogP contribution in [0.1, 0.15) is 84.7 Å². The Morgan fingerprint density at radius 2 is 0.844 bits per heavy atom. The number of hydrogen-bond acceptors (Lipinski definition) is 14. The summed E-state index contributed by atoms with van der Waals surface area (Å²) in [6.45, 7) is -1.19. The van der Waals surface area contributed by atoms with E-state index in [-0.39, 0.29) is 80.7 Å². The van der Waals surface area contributed by atoms with E-state index in [1.54, 1.807) is 146 Å². The maximum absolute atomic E-state index is 15.7. The lowest BCUT2D eigenvalue weighted by Gasteiger charge is -2.35. The van der Waals surface area contributed by atoms with E-state index in [0.29, 0.717) is 55.3 Å². The third-order valence-electron chi connectivity index (χ3n) is 16.9. The van der Waals surface area contributed by atoms with E-state index in [1.165, 1.54) is 24.3 Å². The molecule has 3 unspecified atom stereocenters. The molecule has 2 aromatic heterocycles. The predicted octanol–water partition coefficient (Wildman–Crippen LogP) is 12.8. The molecule has 8 aromatic rings. The normalized spacial score (nSPS) is 19.3. The zero-order valence-corrected chi connectivity index (χ0v) is 48.4. The summed E-state index contributed by atoms with van der Waals surface area (Å²) in [5.74, 6) is -13.5. The second-order valence-electron chi connectivity index (χ2n) is 22.2. The number of carbonyl (C=O) groups excluding carboxylic acids is 7. The molecule has 6 aliphatic carbocycles. The van der Waals surface area contributed by atoms with Gasteiger partial charge in [-0.05, 0) is 92.1 Å². The summed E-state index contributed by atoms with van der Waals surface area (Å²) in [5.41, 5.74) is -3.51. The number of allylic oxidation sites excluding steroid dienone is 7. The van der Waals surface area contributed by atoms with Crippen LogP contribution in [0.15, 0.2) is 193 Å². The smallest absolute Gasteiger partial charge is 0.333 e. The Hall–Kier alpha value is -10.3. The average molecular weight is 1240 g/mol. The van der Waals surface area contributed by atoms with Gasteiger partial charge in [-0.15, -0.1) is 22.7 Å². The molecule has 444 valence electrons. The number of aliphatic hydroxyl groups excluding tert-OH is 1. The fourth-order valence-electron chi connectivity index (χ4n) is 12.7. The number of hydrogen-bond donors (Lipinski definition) is 1. The Labute approximate surface area is 517 Å². The molecule has 18 heteroatoms. The van der Waals surface area contributed by atoms with Crippen LogP contribution in [0.25, 0.3) is 34.4 Å². The highest BCUT2D eigenvalue weighted by atomic mass is 32.1. The second-order valence-corrected chi connectivity index (χ2v) is 24.4. The van der Waals surface area contributed by atoms with Crippen LogP contribution >= 0.6 is 22.7 Å². The Kier molecular flexibility index (Phi) is 14.3. The fourth-order valence-corrected chi connectivity index (χ4v) is 15.2. The number of aliphatic hydroxyl groups is 1. The van der Waals surface area contributed by atoms with Crippen LogP contribution < -0.4 is 0 Å². The lowest BCUT2D eigenvalue weighted by Crippen LogP contribution is -2.47. The third-order valence-corrected chi connectivity index (χ3v) is 19.1. The summed E-state index contributed by atoms with van der Waals surface area (Å²) in [5, 5.41) is 11.3.